The predicted molar refractivity (Wildman–Crippen MR) is 121 cm³/mol. The Balaban J connectivity index is 1.43. The first-order chi connectivity index (χ1) is 15.1. The number of amides is 1. The van der Waals surface area contributed by atoms with Crippen LogP contribution in [-0.4, -0.2) is 49.5 Å². The molecule has 8 heteroatoms. The average molecular weight is 441 g/mol. The highest BCUT2D eigenvalue weighted by molar-refractivity contribution is 6.30. The van der Waals surface area contributed by atoms with E-state index in [0.29, 0.717) is 28.6 Å². The Morgan fingerprint density at radius 2 is 1.84 bits per heavy atom. The van der Waals surface area contributed by atoms with Crippen molar-refractivity contribution < 1.29 is 14.3 Å². The third kappa shape index (κ3) is 4.94. The number of H-pyrrole nitrogens is 1. The van der Waals surface area contributed by atoms with Crippen molar-refractivity contribution in [2.75, 3.05) is 32.2 Å². The number of methoxy groups -OCH3 is 2. The summed E-state index contributed by atoms with van der Waals surface area (Å²) < 4.78 is 10.5. The molecule has 0 unspecified atom stereocenters. The van der Waals surface area contributed by atoms with Gasteiger partial charge in [-0.1, -0.05) is 23.7 Å². The first kappa shape index (κ1) is 21.1. The fraction of sp³-hybridized carbons (Fsp3) is 0.304. The molecule has 1 aliphatic heterocycles. The molecular weight excluding hydrogens is 416 g/mol. The van der Waals surface area contributed by atoms with E-state index in [9.17, 15) is 4.79 Å². The number of ether oxygens (including phenoxy) is 2. The lowest BCUT2D eigenvalue weighted by Crippen LogP contribution is -2.48. The molecule has 0 bridgehead atoms. The minimum atomic E-state index is -0.145. The molecule has 1 fully saturated rings. The summed E-state index contributed by atoms with van der Waals surface area (Å²) >= 11 is 5.98. The van der Waals surface area contributed by atoms with Gasteiger partial charge < -0.3 is 19.7 Å². The largest absolute Gasteiger partial charge is 0.497 e. The van der Waals surface area contributed by atoms with E-state index in [1.54, 1.807) is 32.4 Å². The van der Waals surface area contributed by atoms with Crippen molar-refractivity contribution in [1.29, 1.82) is 0 Å². The zero-order valence-corrected chi connectivity index (χ0v) is 18.3. The molecule has 1 saturated heterocycles. The van der Waals surface area contributed by atoms with Crippen LogP contribution in [0.25, 0.3) is 11.3 Å². The number of rotatable bonds is 6. The fourth-order valence-corrected chi connectivity index (χ4v) is 3.89. The molecule has 0 aliphatic carbocycles. The third-order valence-corrected chi connectivity index (χ3v) is 5.67. The Hall–Kier alpha value is -3.19. The van der Waals surface area contributed by atoms with Gasteiger partial charge in [-0.05, 0) is 42.7 Å². The molecule has 1 aliphatic rings. The second-order valence-electron chi connectivity index (χ2n) is 7.51. The van der Waals surface area contributed by atoms with E-state index >= 15 is 0 Å². The first-order valence-electron chi connectivity index (χ1n) is 10.2. The molecular formula is C23H25ClN4O3. The molecule has 0 spiro atoms. The van der Waals surface area contributed by atoms with E-state index in [1.807, 2.05) is 30.3 Å². The molecule has 1 atom stereocenters. The number of carbonyl (C=O) groups is 1. The summed E-state index contributed by atoms with van der Waals surface area (Å²) in [5.74, 6) is 1.89. The number of halogens is 1. The van der Waals surface area contributed by atoms with Gasteiger partial charge in [-0.15, -0.1) is 0 Å². The quantitative estimate of drug-likeness (QED) is 0.602. The summed E-state index contributed by atoms with van der Waals surface area (Å²) in [5.41, 5.74) is 2.47. The maximum absolute atomic E-state index is 12.8. The van der Waals surface area contributed by atoms with Crippen molar-refractivity contribution >= 4 is 23.3 Å². The highest BCUT2D eigenvalue weighted by Gasteiger charge is 2.24. The second-order valence-corrected chi connectivity index (χ2v) is 7.94. The Morgan fingerprint density at radius 1 is 1.13 bits per heavy atom. The SMILES string of the molecule is COc1cc(OC)cc(C(=O)N[C@@H]2CCCN(c3cc(-c4ccc(Cl)cc4)[nH]n3)C2)c1. The Morgan fingerprint density at radius 3 is 2.52 bits per heavy atom. The number of benzene rings is 2. The van der Waals surface area contributed by atoms with E-state index in [2.05, 4.69) is 20.4 Å². The normalized spacial score (nSPS) is 16.1. The maximum Gasteiger partial charge on any atom is 0.251 e. The average Bonchev–Trinajstić information content (AvgIpc) is 3.29. The van der Waals surface area contributed by atoms with Crippen LogP contribution in [0.1, 0.15) is 23.2 Å². The highest BCUT2D eigenvalue weighted by Crippen LogP contribution is 2.26. The number of piperidine rings is 1. The molecule has 162 valence electrons. The van der Waals surface area contributed by atoms with Gasteiger partial charge in [0.15, 0.2) is 5.82 Å². The fourth-order valence-electron chi connectivity index (χ4n) is 3.76. The molecule has 1 amide bonds. The van der Waals surface area contributed by atoms with E-state index in [4.69, 9.17) is 21.1 Å². The van der Waals surface area contributed by atoms with Crippen molar-refractivity contribution in [3.05, 3.63) is 59.1 Å². The molecule has 2 N–H and O–H groups in total. The van der Waals surface area contributed by atoms with E-state index < -0.39 is 0 Å². The van der Waals surface area contributed by atoms with Gasteiger partial charge in [0.2, 0.25) is 0 Å². The van der Waals surface area contributed by atoms with Crippen molar-refractivity contribution in [2.45, 2.75) is 18.9 Å². The Kier molecular flexibility index (Phi) is 6.32. The van der Waals surface area contributed by atoms with Gasteiger partial charge in [-0.25, -0.2) is 0 Å². The molecule has 2 aromatic carbocycles. The summed E-state index contributed by atoms with van der Waals surface area (Å²) in [6, 6.07) is 14.9. The highest BCUT2D eigenvalue weighted by atomic mass is 35.5. The van der Waals surface area contributed by atoms with Gasteiger partial charge in [-0.3, -0.25) is 9.89 Å². The summed E-state index contributed by atoms with van der Waals surface area (Å²) in [4.78, 5) is 15.0. The number of nitrogens with zero attached hydrogens (tertiary/aromatic N) is 2. The number of aromatic nitrogens is 2. The lowest BCUT2D eigenvalue weighted by molar-refractivity contribution is 0.0932. The second kappa shape index (κ2) is 9.31. The number of anilines is 1. The van der Waals surface area contributed by atoms with Crippen LogP contribution in [0.5, 0.6) is 11.5 Å². The van der Waals surface area contributed by atoms with Crippen molar-refractivity contribution in [1.82, 2.24) is 15.5 Å². The van der Waals surface area contributed by atoms with E-state index in [1.165, 1.54) is 0 Å². The monoisotopic (exact) mass is 440 g/mol. The van der Waals surface area contributed by atoms with Crippen LogP contribution in [0.3, 0.4) is 0 Å². The molecule has 2 heterocycles. The van der Waals surface area contributed by atoms with Gasteiger partial charge in [0.25, 0.3) is 5.91 Å². The molecule has 7 nitrogen and oxygen atoms in total. The van der Waals surface area contributed by atoms with Gasteiger partial charge in [0.05, 0.1) is 19.9 Å². The number of aromatic amines is 1. The van der Waals surface area contributed by atoms with E-state index in [-0.39, 0.29) is 11.9 Å². The van der Waals surface area contributed by atoms with Crippen LogP contribution in [0, 0.1) is 0 Å². The predicted octanol–water partition coefficient (Wildman–Crippen LogP) is 4.15. The van der Waals surface area contributed by atoms with Crippen LogP contribution < -0.4 is 19.7 Å². The molecule has 3 aromatic rings. The smallest absolute Gasteiger partial charge is 0.251 e. The minimum Gasteiger partial charge on any atom is -0.497 e. The number of hydrogen-bond donors (Lipinski definition) is 2. The van der Waals surface area contributed by atoms with Crippen LogP contribution in [0.2, 0.25) is 5.02 Å². The molecule has 0 saturated carbocycles. The van der Waals surface area contributed by atoms with Crippen molar-refractivity contribution in [3.8, 4) is 22.8 Å². The summed E-state index contributed by atoms with van der Waals surface area (Å²) in [5, 5.41) is 11.4. The zero-order valence-electron chi connectivity index (χ0n) is 17.5. The topological polar surface area (TPSA) is 79.5 Å². The Bertz CT molecular complexity index is 1030. The molecule has 1 aromatic heterocycles. The molecule has 31 heavy (non-hydrogen) atoms. The third-order valence-electron chi connectivity index (χ3n) is 5.41. The minimum absolute atomic E-state index is 0.0223. The number of hydrogen-bond acceptors (Lipinski definition) is 5. The summed E-state index contributed by atoms with van der Waals surface area (Å²) in [6.45, 7) is 1.59. The Labute approximate surface area is 186 Å². The van der Waals surface area contributed by atoms with Crippen molar-refractivity contribution in [2.24, 2.45) is 0 Å². The van der Waals surface area contributed by atoms with Gasteiger partial charge >= 0.3 is 0 Å². The van der Waals surface area contributed by atoms with Gasteiger partial charge in [0.1, 0.15) is 11.5 Å². The summed E-state index contributed by atoms with van der Waals surface area (Å²) in [7, 11) is 3.13. The standard InChI is InChI=1S/C23H25ClN4O3/c1-30-19-10-16(11-20(12-19)31-2)23(29)25-18-4-3-9-28(14-18)22-13-21(26-27-22)15-5-7-17(24)8-6-15/h5-8,10-13,18H,3-4,9,14H2,1-2H3,(H,25,29)(H,26,27)/t18-/m1/s1. The summed E-state index contributed by atoms with van der Waals surface area (Å²) in [6.07, 6.45) is 1.88. The lowest BCUT2D eigenvalue weighted by atomic mass is 10.0. The van der Waals surface area contributed by atoms with Crippen LogP contribution >= 0.6 is 11.6 Å². The number of carbonyl (C=O) groups excluding carboxylic acids is 1. The van der Waals surface area contributed by atoms with E-state index in [0.717, 1.165) is 36.5 Å². The maximum atomic E-state index is 12.8. The lowest BCUT2D eigenvalue weighted by Gasteiger charge is -2.33. The van der Waals surface area contributed by atoms with Gasteiger partial charge in [0, 0.05) is 41.9 Å². The molecule has 4 rings (SSSR count). The van der Waals surface area contributed by atoms with Crippen molar-refractivity contribution in [3.63, 3.8) is 0 Å². The van der Waals surface area contributed by atoms with Crippen LogP contribution in [-0.2, 0) is 0 Å². The van der Waals surface area contributed by atoms with Crippen LogP contribution in [0.4, 0.5) is 5.82 Å². The zero-order chi connectivity index (χ0) is 21.8. The number of nitrogens with one attached hydrogen (secondary N) is 2. The van der Waals surface area contributed by atoms with Crippen LogP contribution in [0.15, 0.2) is 48.5 Å². The first-order valence-corrected chi connectivity index (χ1v) is 10.5. The van der Waals surface area contributed by atoms with Gasteiger partial charge in [-0.2, -0.15) is 5.10 Å². The molecule has 0 radical (unpaired) electrons.